The molecule has 1 aliphatic heterocycles. The van der Waals surface area contributed by atoms with E-state index < -0.39 is 0 Å². The zero-order valence-electron chi connectivity index (χ0n) is 21.5. The molecule has 0 amide bonds. The van der Waals surface area contributed by atoms with E-state index in [2.05, 4.69) is 46.3 Å². The van der Waals surface area contributed by atoms with Crippen molar-refractivity contribution in [2.75, 3.05) is 41.3 Å². The lowest BCUT2D eigenvalue weighted by molar-refractivity contribution is 0.443. The van der Waals surface area contributed by atoms with Crippen molar-refractivity contribution in [2.24, 2.45) is 0 Å². The Balaban J connectivity index is 1.17. The number of nitrogens with one attached hydrogen (secondary N) is 3. The maximum Gasteiger partial charge on any atom is 0.325 e. The quantitative estimate of drug-likeness (QED) is 0.238. The Hall–Kier alpha value is -4.31. The van der Waals surface area contributed by atoms with Crippen LogP contribution in [-0.2, 0) is 0 Å². The van der Waals surface area contributed by atoms with Gasteiger partial charge in [0.2, 0.25) is 0 Å². The molecule has 1 aromatic carbocycles. The number of fused-ring (bicyclic) bond motifs is 1. The molecule has 2 fully saturated rings. The zero-order valence-corrected chi connectivity index (χ0v) is 22.2. The van der Waals surface area contributed by atoms with Crippen molar-refractivity contribution in [1.29, 1.82) is 0 Å². The predicted molar refractivity (Wildman–Crippen MR) is 153 cm³/mol. The molecule has 4 aromatic heterocycles. The summed E-state index contributed by atoms with van der Waals surface area (Å²) in [5, 5.41) is 12.3. The summed E-state index contributed by atoms with van der Waals surface area (Å²) >= 11 is 6.72. The second-order valence-electron chi connectivity index (χ2n) is 10.1. The third-order valence-electron chi connectivity index (χ3n) is 7.22. The summed E-state index contributed by atoms with van der Waals surface area (Å²) in [5.74, 6) is 3.19. The van der Waals surface area contributed by atoms with Gasteiger partial charge in [-0.05, 0) is 50.1 Å². The number of hydrogen-bond acceptors (Lipinski definition) is 8. The highest BCUT2D eigenvalue weighted by atomic mass is 35.5. The van der Waals surface area contributed by atoms with E-state index in [0.717, 1.165) is 65.8 Å². The SMILES string of the molecule is Cc1cc2c(Cl)c(Oc3nc(Nc4cc(C5CC5)[nH]n4)cc(N4CCN(c5cccnc5)CC4)n3)ccc2[nH]1. The second kappa shape index (κ2) is 9.77. The largest absolute Gasteiger partial charge is 0.423 e. The maximum absolute atomic E-state index is 6.72. The summed E-state index contributed by atoms with van der Waals surface area (Å²) < 4.78 is 6.20. The van der Waals surface area contributed by atoms with Gasteiger partial charge in [0, 0.05) is 72.7 Å². The van der Waals surface area contributed by atoms with Crippen LogP contribution in [0.4, 0.5) is 23.1 Å². The summed E-state index contributed by atoms with van der Waals surface area (Å²) in [7, 11) is 0. The minimum Gasteiger partial charge on any atom is -0.423 e. The molecule has 7 rings (SSSR count). The molecule has 1 saturated heterocycles. The van der Waals surface area contributed by atoms with Crippen molar-refractivity contribution >= 4 is 45.6 Å². The number of H-pyrrole nitrogens is 2. The van der Waals surface area contributed by atoms with E-state index in [4.69, 9.17) is 21.3 Å². The Morgan fingerprint density at radius 2 is 1.85 bits per heavy atom. The van der Waals surface area contributed by atoms with Gasteiger partial charge in [-0.2, -0.15) is 15.1 Å². The molecule has 10 nitrogen and oxygen atoms in total. The van der Waals surface area contributed by atoms with Crippen LogP contribution in [0.15, 0.2) is 54.9 Å². The first kappa shape index (κ1) is 23.8. The molecule has 5 aromatic rings. The van der Waals surface area contributed by atoms with E-state index in [0.29, 0.717) is 22.5 Å². The zero-order chi connectivity index (χ0) is 26.3. The first-order valence-corrected chi connectivity index (χ1v) is 13.5. The van der Waals surface area contributed by atoms with Gasteiger partial charge in [-0.3, -0.25) is 10.1 Å². The number of nitrogens with zero attached hydrogens (tertiary/aromatic N) is 6. The van der Waals surface area contributed by atoms with Crippen LogP contribution in [0.2, 0.25) is 5.02 Å². The topological polar surface area (TPSA) is 111 Å². The Morgan fingerprint density at radius 3 is 2.64 bits per heavy atom. The van der Waals surface area contributed by atoms with Gasteiger partial charge < -0.3 is 24.8 Å². The third kappa shape index (κ3) is 4.95. The van der Waals surface area contributed by atoms with Gasteiger partial charge in [0.15, 0.2) is 5.82 Å². The van der Waals surface area contributed by atoms with Gasteiger partial charge in [0.1, 0.15) is 17.4 Å². The van der Waals surface area contributed by atoms with Crippen LogP contribution < -0.4 is 19.9 Å². The van der Waals surface area contributed by atoms with Crippen molar-refractivity contribution in [2.45, 2.75) is 25.7 Å². The molecule has 2 aliphatic rings. The summed E-state index contributed by atoms with van der Waals surface area (Å²) in [4.78, 5) is 21.6. The fraction of sp³-hybridized carbons (Fsp3) is 0.286. The normalized spacial score (nSPS) is 15.6. The molecule has 3 N–H and O–H groups in total. The molecule has 0 unspecified atom stereocenters. The average molecular weight is 542 g/mol. The lowest BCUT2D eigenvalue weighted by Gasteiger charge is -2.36. The van der Waals surface area contributed by atoms with E-state index in [-0.39, 0.29) is 6.01 Å². The van der Waals surface area contributed by atoms with Gasteiger partial charge in [-0.15, -0.1) is 0 Å². The highest BCUT2D eigenvalue weighted by Gasteiger charge is 2.26. The minimum atomic E-state index is 0.219. The first-order valence-electron chi connectivity index (χ1n) is 13.2. The molecule has 1 saturated carbocycles. The van der Waals surface area contributed by atoms with Crippen LogP contribution in [-0.4, -0.2) is 56.3 Å². The molecular weight excluding hydrogens is 514 g/mol. The van der Waals surface area contributed by atoms with Crippen LogP contribution in [0.5, 0.6) is 11.8 Å². The number of anilines is 4. The van der Waals surface area contributed by atoms with Crippen molar-refractivity contribution in [3.05, 3.63) is 71.3 Å². The first-order chi connectivity index (χ1) is 19.1. The molecule has 39 heavy (non-hydrogen) atoms. The Morgan fingerprint density at radius 1 is 1.00 bits per heavy atom. The van der Waals surface area contributed by atoms with Crippen molar-refractivity contribution in [1.82, 2.24) is 30.1 Å². The monoisotopic (exact) mass is 541 g/mol. The Bertz CT molecular complexity index is 1620. The third-order valence-corrected chi connectivity index (χ3v) is 7.61. The van der Waals surface area contributed by atoms with E-state index in [1.54, 1.807) is 6.20 Å². The standard InChI is InChI=1S/C28H28ClN9O/c1-17-13-20-21(31-17)6-7-23(27(20)29)39-28-33-24(32-25-14-22(35-36-25)18-4-5-18)15-26(34-28)38-11-9-37(10-12-38)19-3-2-8-30-16-19/h2-3,6-8,13-16,18,31H,4-5,9-12H2,1H3,(H2,32,33,34,35,36). The second-order valence-corrected chi connectivity index (χ2v) is 10.5. The van der Waals surface area contributed by atoms with Crippen molar-refractivity contribution < 1.29 is 4.74 Å². The molecule has 1 aliphatic carbocycles. The number of halogens is 1. The van der Waals surface area contributed by atoms with Crippen LogP contribution in [0.1, 0.15) is 30.1 Å². The fourth-order valence-electron chi connectivity index (χ4n) is 5.02. The van der Waals surface area contributed by atoms with Crippen LogP contribution in [0.3, 0.4) is 0 Å². The summed E-state index contributed by atoms with van der Waals surface area (Å²) in [6, 6.07) is 14.1. The fourth-order valence-corrected chi connectivity index (χ4v) is 5.28. The van der Waals surface area contributed by atoms with Gasteiger partial charge >= 0.3 is 6.01 Å². The van der Waals surface area contributed by atoms with E-state index in [1.165, 1.54) is 12.8 Å². The Labute approximate surface area is 230 Å². The molecule has 0 bridgehead atoms. The van der Waals surface area contributed by atoms with Crippen LogP contribution in [0.25, 0.3) is 10.9 Å². The molecule has 0 atom stereocenters. The van der Waals surface area contributed by atoms with Crippen molar-refractivity contribution in [3.63, 3.8) is 0 Å². The van der Waals surface area contributed by atoms with Gasteiger partial charge in [-0.25, -0.2) is 0 Å². The van der Waals surface area contributed by atoms with Gasteiger partial charge in [-0.1, -0.05) is 11.6 Å². The van der Waals surface area contributed by atoms with E-state index >= 15 is 0 Å². The summed E-state index contributed by atoms with van der Waals surface area (Å²) in [6.07, 6.45) is 6.10. The van der Waals surface area contributed by atoms with Gasteiger partial charge in [0.05, 0.1) is 16.9 Å². The smallest absolute Gasteiger partial charge is 0.325 e. The summed E-state index contributed by atoms with van der Waals surface area (Å²) in [6.45, 7) is 5.31. The molecule has 5 heterocycles. The number of piperazine rings is 1. The number of pyridine rings is 1. The van der Waals surface area contributed by atoms with Crippen LogP contribution in [0, 0.1) is 6.92 Å². The molecule has 0 radical (unpaired) electrons. The highest BCUT2D eigenvalue weighted by molar-refractivity contribution is 6.37. The average Bonchev–Trinajstić information content (AvgIpc) is 3.58. The molecular formula is C28H28ClN9O. The number of hydrogen-bond donors (Lipinski definition) is 3. The van der Waals surface area contributed by atoms with E-state index in [9.17, 15) is 0 Å². The number of benzene rings is 1. The molecule has 11 heteroatoms. The minimum absolute atomic E-state index is 0.219. The number of aromatic amines is 2. The van der Waals surface area contributed by atoms with Crippen molar-refractivity contribution in [3.8, 4) is 11.8 Å². The lowest BCUT2D eigenvalue weighted by Crippen LogP contribution is -2.46. The number of aromatic nitrogens is 6. The highest BCUT2D eigenvalue weighted by Crippen LogP contribution is 2.40. The number of rotatable bonds is 7. The predicted octanol–water partition coefficient (Wildman–Crippen LogP) is 5.78. The molecule has 0 spiro atoms. The maximum atomic E-state index is 6.72. The Kier molecular flexibility index (Phi) is 5.96. The summed E-state index contributed by atoms with van der Waals surface area (Å²) in [5.41, 5.74) is 4.26. The number of aryl methyl sites for hydroxylation is 1. The lowest BCUT2D eigenvalue weighted by atomic mass is 10.2. The van der Waals surface area contributed by atoms with Gasteiger partial charge in [0.25, 0.3) is 0 Å². The molecule has 198 valence electrons. The number of ether oxygens (including phenoxy) is 1. The van der Waals surface area contributed by atoms with Crippen LogP contribution >= 0.6 is 11.6 Å². The van der Waals surface area contributed by atoms with E-state index in [1.807, 2.05) is 49.5 Å².